The van der Waals surface area contributed by atoms with Gasteiger partial charge in [0, 0.05) is 12.0 Å². The molecule has 1 aromatic rings. The highest BCUT2D eigenvalue weighted by Crippen LogP contribution is 2.23. The molecule has 1 N–H and O–H groups in total. The largest absolute Gasteiger partial charge is 0.469 e. The van der Waals surface area contributed by atoms with E-state index in [1.807, 2.05) is 19.1 Å². The maximum Gasteiger partial charge on any atom is 0.109 e. The molecular formula is C11H16O2. The summed E-state index contributed by atoms with van der Waals surface area (Å²) in [5, 5.41) is 9.74. The van der Waals surface area contributed by atoms with Crippen LogP contribution in [0.3, 0.4) is 0 Å². The first kappa shape index (κ1) is 10.1. The molecule has 0 aliphatic rings. The Labute approximate surface area is 78.9 Å². The van der Waals surface area contributed by atoms with Gasteiger partial charge in [-0.05, 0) is 18.9 Å². The van der Waals surface area contributed by atoms with Crippen molar-refractivity contribution in [2.75, 3.05) is 0 Å². The first-order valence-electron chi connectivity index (χ1n) is 4.64. The van der Waals surface area contributed by atoms with Gasteiger partial charge >= 0.3 is 0 Å². The van der Waals surface area contributed by atoms with Crippen LogP contribution in [0.15, 0.2) is 29.4 Å². The molecule has 1 atom stereocenters. The van der Waals surface area contributed by atoms with E-state index in [0.29, 0.717) is 0 Å². The van der Waals surface area contributed by atoms with E-state index in [9.17, 15) is 5.11 Å². The Morgan fingerprint density at radius 3 is 3.08 bits per heavy atom. The van der Waals surface area contributed by atoms with Gasteiger partial charge in [-0.3, -0.25) is 0 Å². The van der Waals surface area contributed by atoms with Gasteiger partial charge in [-0.15, -0.1) is 6.58 Å². The van der Waals surface area contributed by atoms with Gasteiger partial charge in [0.25, 0.3) is 0 Å². The van der Waals surface area contributed by atoms with Crippen molar-refractivity contribution in [1.82, 2.24) is 0 Å². The molecule has 0 aromatic carbocycles. The minimum Gasteiger partial charge on any atom is -0.469 e. The Hall–Kier alpha value is -1.02. The highest BCUT2D eigenvalue weighted by atomic mass is 16.3. The van der Waals surface area contributed by atoms with E-state index in [1.54, 1.807) is 6.26 Å². The summed E-state index contributed by atoms with van der Waals surface area (Å²) in [5.74, 6) is 0.886. The molecule has 13 heavy (non-hydrogen) atoms. The molecule has 0 saturated carbocycles. The molecule has 0 spiro atoms. The minimum absolute atomic E-state index is 0.410. The molecule has 0 radical (unpaired) electrons. The van der Waals surface area contributed by atoms with Crippen LogP contribution < -0.4 is 0 Å². The van der Waals surface area contributed by atoms with Crippen molar-refractivity contribution in [2.45, 2.75) is 32.3 Å². The highest BCUT2D eigenvalue weighted by Gasteiger charge is 2.12. The normalized spacial score (nSPS) is 12.8. The summed E-state index contributed by atoms with van der Waals surface area (Å²) < 4.78 is 5.23. The molecular weight excluding hydrogens is 164 g/mol. The number of hydrogen-bond donors (Lipinski definition) is 1. The first-order valence-corrected chi connectivity index (χ1v) is 4.64. The van der Waals surface area contributed by atoms with Crippen molar-refractivity contribution in [3.05, 3.63) is 36.3 Å². The molecule has 1 heterocycles. The fourth-order valence-electron chi connectivity index (χ4n) is 1.37. The van der Waals surface area contributed by atoms with Gasteiger partial charge in [0.05, 0.1) is 12.4 Å². The Morgan fingerprint density at radius 1 is 1.69 bits per heavy atom. The number of rotatable bonds is 5. The third-order valence-corrected chi connectivity index (χ3v) is 2.10. The lowest BCUT2D eigenvalue weighted by molar-refractivity contribution is 0.166. The van der Waals surface area contributed by atoms with E-state index in [-0.39, 0.29) is 0 Å². The molecule has 1 unspecified atom stereocenters. The number of hydrogen-bond acceptors (Lipinski definition) is 2. The Balaban J connectivity index is 2.63. The van der Waals surface area contributed by atoms with Crippen LogP contribution in [0.5, 0.6) is 0 Å². The van der Waals surface area contributed by atoms with Crippen molar-refractivity contribution in [1.29, 1.82) is 0 Å². The molecule has 0 saturated heterocycles. The summed E-state index contributed by atoms with van der Waals surface area (Å²) in [6, 6.07) is 1.84. The lowest BCUT2D eigenvalue weighted by atomic mass is 10.0. The van der Waals surface area contributed by atoms with Crippen LogP contribution in [0.1, 0.15) is 37.2 Å². The second-order valence-corrected chi connectivity index (χ2v) is 3.03. The number of aliphatic hydroxyl groups excluding tert-OH is 1. The standard InChI is InChI=1S/C11H16O2/c1-3-5-6-10(12)9-7-8-13-11(9)4-2/h3,7-8,10,12H,1,4-6H2,2H3. The molecule has 2 nitrogen and oxygen atoms in total. The molecule has 1 rings (SSSR count). The van der Waals surface area contributed by atoms with Gasteiger partial charge < -0.3 is 9.52 Å². The van der Waals surface area contributed by atoms with Gasteiger partial charge in [0.2, 0.25) is 0 Å². The van der Waals surface area contributed by atoms with Crippen LogP contribution >= 0.6 is 0 Å². The van der Waals surface area contributed by atoms with Gasteiger partial charge in [0.15, 0.2) is 0 Å². The summed E-state index contributed by atoms with van der Waals surface area (Å²) in [7, 11) is 0. The number of aryl methyl sites for hydroxylation is 1. The number of aliphatic hydroxyl groups is 1. The monoisotopic (exact) mass is 180 g/mol. The second-order valence-electron chi connectivity index (χ2n) is 3.03. The SMILES string of the molecule is C=CCCC(O)c1ccoc1CC. The average Bonchev–Trinajstić information content (AvgIpc) is 2.61. The van der Waals surface area contributed by atoms with Crippen molar-refractivity contribution in [2.24, 2.45) is 0 Å². The van der Waals surface area contributed by atoms with Crippen molar-refractivity contribution >= 4 is 0 Å². The molecule has 72 valence electrons. The van der Waals surface area contributed by atoms with Gasteiger partial charge in [-0.2, -0.15) is 0 Å². The quantitative estimate of drug-likeness (QED) is 0.707. The van der Waals surface area contributed by atoms with E-state index in [4.69, 9.17) is 4.42 Å². The van der Waals surface area contributed by atoms with Crippen LogP contribution in [0, 0.1) is 0 Å². The van der Waals surface area contributed by atoms with Crippen LogP contribution in [0.25, 0.3) is 0 Å². The highest BCUT2D eigenvalue weighted by molar-refractivity contribution is 5.19. The van der Waals surface area contributed by atoms with Gasteiger partial charge in [-0.25, -0.2) is 0 Å². The van der Waals surface area contributed by atoms with Crippen molar-refractivity contribution in [3.63, 3.8) is 0 Å². The second kappa shape index (κ2) is 4.87. The lowest BCUT2D eigenvalue weighted by Gasteiger charge is -2.08. The fourth-order valence-corrected chi connectivity index (χ4v) is 1.37. The third-order valence-electron chi connectivity index (χ3n) is 2.10. The zero-order chi connectivity index (χ0) is 9.68. The fraction of sp³-hybridized carbons (Fsp3) is 0.455. The Morgan fingerprint density at radius 2 is 2.46 bits per heavy atom. The van der Waals surface area contributed by atoms with Crippen LogP contribution in [-0.4, -0.2) is 5.11 Å². The van der Waals surface area contributed by atoms with Crippen molar-refractivity contribution in [3.8, 4) is 0 Å². The molecule has 0 fully saturated rings. The molecule has 0 aliphatic heterocycles. The predicted molar refractivity (Wildman–Crippen MR) is 52.5 cm³/mol. The van der Waals surface area contributed by atoms with E-state index in [2.05, 4.69) is 6.58 Å². The number of allylic oxidation sites excluding steroid dienone is 1. The number of furan rings is 1. The molecule has 0 amide bonds. The topological polar surface area (TPSA) is 33.4 Å². The van der Waals surface area contributed by atoms with E-state index in [1.165, 1.54) is 0 Å². The molecule has 2 heteroatoms. The smallest absolute Gasteiger partial charge is 0.109 e. The maximum absolute atomic E-state index is 9.74. The Bertz CT molecular complexity index is 263. The summed E-state index contributed by atoms with van der Waals surface area (Å²) in [6.45, 7) is 5.64. The lowest BCUT2D eigenvalue weighted by Crippen LogP contribution is -1.98. The van der Waals surface area contributed by atoms with E-state index in [0.717, 1.165) is 30.6 Å². The minimum atomic E-state index is -0.410. The zero-order valence-corrected chi connectivity index (χ0v) is 7.99. The predicted octanol–water partition coefficient (Wildman–Crippen LogP) is 2.84. The first-order chi connectivity index (χ1) is 6.29. The van der Waals surface area contributed by atoms with Gasteiger partial charge in [0.1, 0.15) is 5.76 Å². The Kier molecular flexibility index (Phi) is 3.77. The average molecular weight is 180 g/mol. The van der Waals surface area contributed by atoms with Crippen molar-refractivity contribution < 1.29 is 9.52 Å². The molecule has 0 bridgehead atoms. The third kappa shape index (κ3) is 2.46. The van der Waals surface area contributed by atoms with Crippen LogP contribution in [-0.2, 0) is 6.42 Å². The zero-order valence-electron chi connectivity index (χ0n) is 7.99. The van der Waals surface area contributed by atoms with Crippen LogP contribution in [0.4, 0.5) is 0 Å². The molecule has 0 aliphatic carbocycles. The summed E-state index contributed by atoms with van der Waals surface area (Å²) in [5.41, 5.74) is 0.921. The summed E-state index contributed by atoms with van der Waals surface area (Å²) in [4.78, 5) is 0. The summed E-state index contributed by atoms with van der Waals surface area (Å²) >= 11 is 0. The maximum atomic E-state index is 9.74. The van der Waals surface area contributed by atoms with Crippen LogP contribution in [0.2, 0.25) is 0 Å². The summed E-state index contributed by atoms with van der Waals surface area (Å²) in [6.07, 6.45) is 5.41. The van der Waals surface area contributed by atoms with Gasteiger partial charge in [-0.1, -0.05) is 13.0 Å². The van der Waals surface area contributed by atoms with E-state index >= 15 is 0 Å². The molecule has 1 aromatic heterocycles. The van der Waals surface area contributed by atoms with E-state index < -0.39 is 6.10 Å².